The molecule has 0 radical (unpaired) electrons. The van der Waals surface area contributed by atoms with Gasteiger partial charge in [-0.25, -0.2) is 0 Å². The van der Waals surface area contributed by atoms with Gasteiger partial charge in [-0.15, -0.1) is 0 Å². The molecule has 0 aliphatic carbocycles. The molecule has 2 aromatic rings. The molecule has 0 spiro atoms. The zero-order chi connectivity index (χ0) is 15.4. The molecule has 2 heteroatoms. The molecule has 1 unspecified atom stereocenters. The van der Waals surface area contributed by atoms with Gasteiger partial charge in [0.15, 0.2) is 0 Å². The van der Waals surface area contributed by atoms with Gasteiger partial charge in [-0.2, -0.15) is 0 Å². The van der Waals surface area contributed by atoms with Crippen LogP contribution < -0.4 is 5.32 Å². The van der Waals surface area contributed by atoms with Crippen LogP contribution in [0.3, 0.4) is 0 Å². The van der Waals surface area contributed by atoms with Crippen LogP contribution in [0.25, 0.3) is 0 Å². The van der Waals surface area contributed by atoms with Crippen LogP contribution in [0.2, 0.25) is 0 Å². The van der Waals surface area contributed by atoms with Crippen molar-refractivity contribution in [1.29, 1.82) is 0 Å². The minimum atomic E-state index is 0.215. The van der Waals surface area contributed by atoms with Gasteiger partial charge in [-0.05, 0) is 49.1 Å². The van der Waals surface area contributed by atoms with Gasteiger partial charge in [0, 0.05) is 4.47 Å². The van der Waals surface area contributed by atoms with Crippen LogP contribution in [-0.4, -0.2) is 7.05 Å². The molecule has 0 aliphatic rings. The maximum absolute atomic E-state index is 3.68. The first-order valence-corrected chi connectivity index (χ1v) is 8.32. The fraction of sp³-hybridized carbons (Fsp3) is 0.368. The molecule has 0 aromatic heterocycles. The van der Waals surface area contributed by atoms with Crippen molar-refractivity contribution in [1.82, 2.24) is 5.32 Å². The maximum atomic E-state index is 3.68. The molecule has 2 rings (SSSR count). The summed E-state index contributed by atoms with van der Waals surface area (Å²) in [7, 11) is 2.02. The highest BCUT2D eigenvalue weighted by Crippen LogP contribution is 2.29. The predicted octanol–water partition coefficient (Wildman–Crippen LogP) is 5.26. The van der Waals surface area contributed by atoms with E-state index in [4.69, 9.17) is 0 Å². The van der Waals surface area contributed by atoms with Crippen molar-refractivity contribution in [3.05, 3.63) is 69.2 Å². The maximum Gasteiger partial charge on any atom is 0.0585 e. The second kappa shape index (κ2) is 7.24. The number of nitrogens with one attached hydrogen (secondary N) is 1. The quantitative estimate of drug-likeness (QED) is 0.778. The van der Waals surface area contributed by atoms with Crippen LogP contribution in [-0.2, 0) is 6.42 Å². The van der Waals surface area contributed by atoms with E-state index in [1.165, 1.54) is 22.3 Å². The lowest BCUT2D eigenvalue weighted by atomic mass is 9.95. The Kier molecular flexibility index (Phi) is 5.60. The van der Waals surface area contributed by atoms with Gasteiger partial charge in [0.25, 0.3) is 0 Å². The number of benzene rings is 2. The molecule has 2 aromatic carbocycles. The summed E-state index contributed by atoms with van der Waals surface area (Å²) in [4.78, 5) is 0. The van der Waals surface area contributed by atoms with Crippen molar-refractivity contribution in [2.24, 2.45) is 5.92 Å². The Hall–Kier alpha value is -1.12. The van der Waals surface area contributed by atoms with Crippen molar-refractivity contribution < 1.29 is 0 Å². The van der Waals surface area contributed by atoms with Crippen LogP contribution in [0.1, 0.15) is 42.1 Å². The molecule has 0 bridgehead atoms. The first-order valence-electron chi connectivity index (χ1n) is 7.53. The highest BCUT2D eigenvalue weighted by molar-refractivity contribution is 9.10. The Labute approximate surface area is 136 Å². The van der Waals surface area contributed by atoms with E-state index >= 15 is 0 Å². The molecule has 112 valence electrons. The third-order valence-corrected chi connectivity index (χ3v) is 4.43. The summed E-state index contributed by atoms with van der Waals surface area (Å²) in [5, 5.41) is 3.43. The van der Waals surface area contributed by atoms with E-state index in [1.54, 1.807) is 0 Å². The van der Waals surface area contributed by atoms with E-state index < -0.39 is 0 Å². The van der Waals surface area contributed by atoms with Crippen molar-refractivity contribution in [3.63, 3.8) is 0 Å². The zero-order valence-electron chi connectivity index (χ0n) is 13.3. The van der Waals surface area contributed by atoms with E-state index in [2.05, 4.69) is 84.5 Å². The Morgan fingerprint density at radius 1 is 1.05 bits per heavy atom. The second-order valence-corrected chi connectivity index (χ2v) is 6.94. The van der Waals surface area contributed by atoms with Gasteiger partial charge < -0.3 is 5.32 Å². The zero-order valence-corrected chi connectivity index (χ0v) is 14.9. The SMILES string of the molecule is CNC(c1ccc(CC(C)C)cc1)c1cc(C)ccc1Br. The fourth-order valence-electron chi connectivity index (χ4n) is 2.70. The van der Waals surface area contributed by atoms with Gasteiger partial charge in [-0.1, -0.05) is 71.7 Å². The molecule has 1 atom stereocenters. The summed E-state index contributed by atoms with van der Waals surface area (Å²) < 4.78 is 1.15. The van der Waals surface area contributed by atoms with E-state index in [9.17, 15) is 0 Å². The number of hydrogen-bond donors (Lipinski definition) is 1. The molecular formula is C19H24BrN. The third-order valence-electron chi connectivity index (χ3n) is 3.71. The van der Waals surface area contributed by atoms with Gasteiger partial charge in [0.05, 0.1) is 6.04 Å². The molecule has 0 saturated heterocycles. The summed E-state index contributed by atoms with van der Waals surface area (Å²) in [5.41, 5.74) is 5.28. The average molecular weight is 346 g/mol. The fourth-order valence-corrected chi connectivity index (χ4v) is 3.18. The van der Waals surface area contributed by atoms with Gasteiger partial charge in [0.2, 0.25) is 0 Å². The van der Waals surface area contributed by atoms with Crippen LogP contribution in [0, 0.1) is 12.8 Å². The second-order valence-electron chi connectivity index (χ2n) is 6.09. The lowest BCUT2D eigenvalue weighted by molar-refractivity contribution is 0.645. The summed E-state index contributed by atoms with van der Waals surface area (Å²) in [6, 6.07) is 15.7. The minimum Gasteiger partial charge on any atom is -0.309 e. The lowest BCUT2D eigenvalue weighted by Crippen LogP contribution is -2.18. The highest BCUT2D eigenvalue weighted by Gasteiger charge is 2.15. The smallest absolute Gasteiger partial charge is 0.0585 e. The van der Waals surface area contributed by atoms with Crippen LogP contribution >= 0.6 is 15.9 Å². The normalized spacial score (nSPS) is 12.7. The first-order chi connectivity index (χ1) is 10.0. The summed E-state index contributed by atoms with van der Waals surface area (Å²) in [5.74, 6) is 0.696. The van der Waals surface area contributed by atoms with E-state index in [1.807, 2.05) is 7.05 Å². The van der Waals surface area contributed by atoms with Gasteiger partial charge >= 0.3 is 0 Å². The molecule has 21 heavy (non-hydrogen) atoms. The summed E-state index contributed by atoms with van der Waals surface area (Å²) in [6.45, 7) is 6.65. The van der Waals surface area contributed by atoms with Gasteiger partial charge in [-0.3, -0.25) is 0 Å². The Balaban J connectivity index is 2.31. The molecule has 0 fully saturated rings. The van der Waals surface area contributed by atoms with Crippen molar-refractivity contribution in [3.8, 4) is 0 Å². The topological polar surface area (TPSA) is 12.0 Å². The predicted molar refractivity (Wildman–Crippen MR) is 94.8 cm³/mol. The molecule has 0 saturated carbocycles. The monoisotopic (exact) mass is 345 g/mol. The van der Waals surface area contributed by atoms with Crippen molar-refractivity contribution in [2.75, 3.05) is 7.05 Å². The first kappa shape index (κ1) is 16.3. The summed E-state index contributed by atoms with van der Waals surface area (Å²) in [6.07, 6.45) is 1.14. The number of hydrogen-bond acceptors (Lipinski definition) is 1. The van der Waals surface area contributed by atoms with Crippen LogP contribution in [0.4, 0.5) is 0 Å². The largest absolute Gasteiger partial charge is 0.309 e. The van der Waals surface area contributed by atoms with E-state index in [-0.39, 0.29) is 6.04 Å². The Morgan fingerprint density at radius 3 is 2.29 bits per heavy atom. The van der Waals surface area contributed by atoms with Crippen molar-refractivity contribution in [2.45, 2.75) is 33.2 Å². The lowest BCUT2D eigenvalue weighted by Gasteiger charge is -2.20. The highest BCUT2D eigenvalue weighted by atomic mass is 79.9. The van der Waals surface area contributed by atoms with Gasteiger partial charge in [0.1, 0.15) is 0 Å². The third kappa shape index (κ3) is 4.18. The number of halogens is 1. The molecular weight excluding hydrogens is 322 g/mol. The van der Waals surface area contributed by atoms with E-state index in [0.717, 1.165) is 10.9 Å². The molecule has 0 heterocycles. The van der Waals surface area contributed by atoms with Crippen LogP contribution in [0.15, 0.2) is 46.9 Å². The summed E-state index contributed by atoms with van der Waals surface area (Å²) >= 11 is 3.68. The Morgan fingerprint density at radius 2 is 1.71 bits per heavy atom. The molecule has 1 nitrogen and oxygen atoms in total. The minimum absolute atomic E-state index is 0.215. The number of rotatable bonds is 5. The van der Waals surface area contributed by atoms with Crippen molar-refractivity contribution >= 4 is 15.9 Å². The van der Waals surface area contributed by atoms with Crippen LogP contribution in [0.5, 0.6) is 0 Å². The standard InChI is InChI=1S/C19H24BrN/c1-13(2)11-15-6-8-16(9-7-15)19(21-4)17-12-14(3)5-10-18(17)20/h5-10,12-13,19,21H,11H2,1-4H3. The molecule has 0 amide bonds. The molecule has 1 N–H and O–H groups in total. The Bertz CT molecular complexity index is 587. The number of aryl methyl sites for hydroxylation is 1. The average Bonchev–Trinajstić information content (AvgIpc) is 2.44. The molecule has 0 aliphatic heterocycles. The van der Waals surface area contributed by atoms with E-state index in [0.29, 0.717) is 5.92 Å².